The zero-order valence-corrected chi connectivity index (χ0v) is 11.5. The molecule has 5 nitrogen and oxygen atoms in total. The summed E-state index contributed by atoms with van der Waals surface area (Å²) in [4.78, 5) is 15.9. The third-order valence-electron chi connectivity index (χ3n) is 3.47. The number of amides is 1. The Morgan fingerprint density at radius 3 is 2.89 bits per heavy atom. The lowest BCUT2D eigenvalue weighted by molar-refractivity contribution is -0.132. The van der Waals surface area contributed by atoms with Crippen LogP contribution in [0.15, 0.2) is 12.4 Å². The molecule has 0 aromatic carbocycles. The number of hydrogen-bond donors (Lipinski definition) is 0. The van der Waals surface area contributed by atoms with Gasteiger partial charge in [0.1, 0.15) is 0 Å². The second-order valence-electron chi connectivity index (χ2n) is 5.30. The van der Waals surface area contributed by atoms with Gasteiger partial charge in [0.15, 0.2) is 0 Å². The average molecular weight is 250 g/mol. The Hall–Kier alpha value is -1.36. The molecule has 2 heterocycles. The van der Waals surface area contributed by atoms with Crippen LogP contribution in [0.4, 0.5) is 0 Å². The minimum atomic E-state index is 0.180. The fraction of sp³-hybridized carbons (Fsp3) is 0.692. The molecule has 0 spiro atoms. The van der Waals surface area contributed by atoms with Gasteiger partial charge in [-0.05, 0) is 25.5 Å². The molecular formula is C13H22N4O. The second kappa shape index (κ2) is 5.52. The Balaban J connectivity index is 1.78. The highest BCUT2D eigenvalue weighted by molar-refractivity contribution is 5.78. The molecule has 0 radical (unpaired) electrons. The van der Waals surface area contributed by atoms with Crippen molar-refractivity contribution in [2.24, 2.45) is 5.92 Å². The number of aromatic nitrogens is 2. The Bertz CT molecular complexity index is 413. The number of carbonyl (C=O) groups is 1. The van der Waals surface area contributed by atoms with E-state index in [2.05, 4.69) is 16.2 Å². The third kappa shape index (κ3) is 3.10. The quantitative estimate of drug-likeness (QED) is 0.786. The van der Waals surface area contributed by atoms with Crippen molar-refractivity contribution in [3.63, 3.8) is 0 Å². The van der Waals surface area contributed by atoms with E-state index in [0.29, 0.717) is 0 Å². The minimum Gasteiger partial charge on any atom is -0.349 e. The van der Waals surface area contributed by atoms with E-state index in [0.717, 1.165) is 32.6 Å². The zero-order chi connectivity index (χ0) is 13.1. The van der Waals surface area contributed by atoms with Gasteiger partial charge in [0.25, 0.3) is 0 Å². The van der Waals surface area contributed by atoms with Gasteiger partial charge < -0.3 is 9.80 Å². The van der Waals surface area contributed by atoms with Gasteiger partial charge in [-0.25, -0.2) is 0 Å². The predicted molar refractivity (Wildman–Crippen MR) is 70.2 cm³/mol. The maximum Gasteiger partial charge on any atom is 0.226 e. The van der Waals surface area contributed by atoms with E-state index in [1.165, 1.54) is 5.56 Å². The Morgan fingerprint density at radius 1 is 1.50 bits per heavy atom. The summed E-state index contributed by atoms with van der Waals surface area (Å²) in [5.74, 6) is 0.437. The molecule has 0 aliphatic carbocycles. The van der Waals surface area contributed by atoms with Crippen molar-refractivity contribution in [3.8, 4) is 0 Å². The van der Waals surface area contributed by atoms with Crippen LogP contribution >= 0.6 is 0 Å². The molecule has 1 amide bonds. The summed E-state index contributed by atoms with van der Waals surface area (Å²) < 4.78 is 1.97. The van der Waals surface area contributed by atoms with Crippen molar-refractivity contribution in [2.45, 2.75) is 19.9 Å². The monoisotopic (exact) mass is 250 g/mol. The van der Waals surface area contributed by atoms with Crippen LogP contribution in [0.5, 0.6) is 0 Å². The van der Waals surface area contributed by atoms with Crippen molar-refractivity contribution in [1.82, 2.24) is 19.6 Å². The molecule has 18 heavy (non-hydrogen) atoms. The summed E-state index contributed by atoms with van der Waals surface area (Å²) in [7, 11) is 3.66. The van der Waals surface area contributed by atoms with Crippen molar-refractivity contribution in [2.75, 3.05) is 33.7 Å². The Labute approximate surface area is 108 Å². The molecule has 1 fully saturated rings. The maximum absolute atomic E-state index is 11.8. The fourth-order valence-electron chi connectivity index (χ4n) is 2.44. The standard InChI is InChI=1S/C13H22N4O/c1-11-8-14-17(9-11)7-6-16-5-4-12(10-16)13(18)15(2)3/h8-9,12H,4-7,10H2,1-3H3. The minimum absolute atomic E-state index is 0.180. The first-order valence-electron chi connectivity index (χ1n) is 6.49. The van der Waals surface area contributed by atoms with Crippen LogP contribution in [0.2, 0.25) is 0 Å². The number of carbonyl (C=O) groups excluding carboxylic acids is 1. The zero-order valence-electron chi connectivity index (χ0n) is 11.5. The molecule has 1 aromatic rings. The summed E-state index contributed by atoms with van der Waals surface area (Å²) in [5.41, 5.74) is 1.19. The molecule has 2 rings (SSSR count). The number of aryl methyl sites for hydroxylation is 1. The predicted octanol–water partition coefficient (Wildman–Crippen LogP) is 0.602. The van der Waals surface area contributed by atoms with E-state index in [-0.39, 0.29) is 11.8 Å². The topological polar surface area (TPSA) is 41.4 Å². The highest BCUT2D eigenvalue weighted by atomic mass is 16.2. The fourth-order valence-corrected chi connectivity index (χ4v) is 2.44. The van der Waals surface area contributed by atoms with Crippen LogP contribution < -0.4 is 0 Å². The molecule has 0 bridgehead atoms. The summed E-state index contributed by atoms with van der Waals surface area (Å²) in [6.45, 7) is 5.82. The lowest BCUT2D eigenvalue weighted by Gasteiger charge is -2.18. The second-order valence-corrected chi connectivity index (χ2v) is 5.30. The number of hydrogen-bond acceptors (Lipinski definition) is 3. The molecule has 1 aliphatic rings. The van der Waals surface area contributed by atoms with Crippen molar-refractivity contribution < 1.29 is 4.79 Å². The van der Waals surface area contributed by atoms with Crippen molar-refractivity contribution in [1.29, 1.82) is 0 Å². The molecule has 1 aromatic heterocycles. The van der Waals surface area contributed by atoms with Gasteiger partial charge >= 0.3 is 0 Å². The van der Waals surface area contributed by atoms with Crippen LogP contribution in [0.3, 0.4) is 0 Å². The van der Waals surface area contributed by atoms with E-state index >= 15 is 0 Å². The first kappa shape index (κ1) is 13.1. The summed E-state index contributed by atoms with van der Waals surface area (Å²) in [6.07, 6.45) is 4.91. The number of rotatable bonds is 4. The lowest BCUT2D eigenvalue weighted by Crippen LogP contribution is -2.32. The highest BCUT2D eigenvalue weighted by Crippen LogP contribution is 2.17. The van der Waals surface area contributed by atoms with Gasteiger partial charge in [-0.3, -0.25) is 9.48 Å². The van der Waals surface area contributed by atoms with E-state index in [9.17, 15) is 4.79 Å². The highest BCUT2D eigenvalue weighted by Gasteiger charge is 2.28. The van der Waals surface area contributed by atoms with E-state index in [1.807, 2.05) is 31.9 Å². The van der Waals surface area contributed by atoms with Crippen LogP contribution in [0.1, 0.15) is 12.0 Å². The smallest absolute Gasteiger partial charge is 0.226 e. The molecule has 100 valence electrons. The van der Waals surface area contributed by atoms with Gasteiger partial charge in [-0.15, -0.1) is 0 Å². The van der Waals surface area contributed by atoms with Crippen LogP contribution in [0.25, 0.3) is 0 Å². The van der Waals surface area contributed by atoms with E-state index < -0.39 is 0 Å². The van der Waals surface area contributed by atoms with E-state index in [1.54, 1.807) is 4.90 Å². The molecule has 5 heteroatoms. The SMILES string of the molecule is Cc1cnn(CCN2CCC(C(=O)N(C)C)C2)c1. The lowest BCUT2D eigenvalue weighted by atomic mass is 10.1. The third-order valence-corrected chi connectivity index (χ3v) is 3.47. The van der Waals surface area contributed by atoms with Gasteiger partial charge in [0, 0.05) is 33.4 Å². The molecule has 1 atom stereocenters. The number of likely N-dealkylation sites (tertiary alicyclic amines) is 1. The average Bonchev–Trinajstić information content (AvgIpc) is 2.94. The van der Waals surface area contributed by atoms with Crippen molar-refractivity contribution >= 4 is 5.91 Å². The van der Waals surface area contributed by atoms with Crippen LogP contribution in [-0.2, 0) is 11.3 Å². The summed E-state index contributed by atoms with van der Waals surface area (Å²) >= 11 is 0. The van der Waals surface area contributed by atoms with Crippen LogP contribution in [-0.4, -0.2) is 59.2 Å². The number of nitrogens with zero attached hydrogens (tertiary/aromatic N) is 4. The Morgan fingerprint density at radius 2 is 2.28 bits per heavy atom. The molecular weight excluding hydrogens is 228 g/mol. The van der Waals surface area contributed by atoms with Gasteiger partial charge in [-0.1, -0.05) is 0 Å². The molecule has 0 N–H and O–H groups in total. The molecule has 0 saturated carbocycles. The maximum atomic E-state index is 11.8. The molecule has 1 saturated heterocycles. The summed E-state index contributed by atoms with van der Waals surface area (Å²) in [5, 5.41) is 4.27. The van der Waals surface area contributed by atoms with E-state index in [4.69, 9.17) is 0 Å². The normalized spacial score (nSPS) is 20.3. The van der Waals surface area contributed by atoms with Gasteiger partial charge in [0.2, 0.25) is 5.91 Å². The van der Waals surface area contributed by atoms with Gasteiger partial charge in [0.05, 0.1) is 18.7 Å². The largest absolute Gasteiger partial charge is 0.349 e. The first-order chi connectivity index (χ1) is 8.56. The van der Waals surface area contributed by atoms with Crippen molar-refractivity contribution in [3.05, 3.63) is 18.0 Å². The van der Waals surface area contributed by atoms with Gasteiger partial charge in [-0.2, -0.15) is 5.10 Å². The Kier molecular flexibility index (Phi) is 4.01. The summed E-state index contributed by atoms with van der Waals surface area (Å²) in [6, 6.07) is 0. The van der Waals surface area contributed by atoms with Crippen LogP contribution in [0, 0.1) is 12.8 Å². The molecule has 1 unspecified atom stereocenters. The molecule has 1 aliphatic heterocycles. The first-order valence-corrected chi connectivity index (χ1v) is 6.49.